The maximum Gasteiger partial charge on any atom is 0.136 e. The average Bonchev–Trinajstić information content (AvgIpc) is 3.94. The second kappa shape index (κ2) is 15.6. The van der Waals surface area contributed by atoms with E-state index in [0.29, 0.717) is 0 Å². The zero-order chi connectivity index (χ0) is 45.5. The van der Waals surface area contributed by atoms with E-state index in [-0.39, 0.29) is 0 Å². The summed E-state index contributed by atoms with van der Waals surface area (Å²) in [5, 5.41) is 9.62. The van der Waals surface area contributed by atoms with Crippen molar-refractivity contribution < 1.29 is 4.42 Å². The van der Waals surface area contributed by atoms with E-state index in [2.05, 4.69) is 266 Å². The summed E-state index contributed by atoms with van der Waals surface area (Å²) < 4.78 is 6.67. The Bertz CT molecular complexity index is 4090. The molecule has 0 spiro atoms. The van der Waals surface area contributed by atoms with Gasteiger partial charge in [0.15, 0.2) is 0 Å². The molecule has 2 heteroatoms. The molecule has 69 heavy (non-hydrogen) atoms. The number of para-hydroxylation sites is 1. The van der Waals surface area contributed by atoms with E-state index in [1.165, 1.54) is 76.8 Å². The zero-order valence-electron chi connectivity index (χ0n) is 37.7. The van der Waals surface area contributed by atoms with Crippen molar-refractivity contribution in [2.45, 2.75) is 5.41 Å². The molecule has 14 rings (SSSR count). The van der Waals surface area contributed by atoms with E-state index in [1.807, 2.05) is 0 Å². The number of hydrogen-bond donors (Lipinski definition) is 0. The summed E-state index contributed by atoms with van der Waals surface area (Å²) >= 11 is 0. The van der Waals surface area contributed by atoms with Crippen molar-refractivity contribution in [1.29, 1.82) is 0 Å². The van der Waals surface area contributed by atoms with Gasteiger partial charge in [-0.15, -0.1) is 0 Å². The summed E-state index contributed by atoms with van der Waals surface area (Å²) in [6.07, 6.45) is 0. The fourth-order valence-corrected chi connectivity index (χ4v) is 11.6. The highest BCUT2D eigenvalue weighted by Gasteiger charge is 2.46. The molecule has 0 unspecified atom stereocenters. The Hall–Kier alpha value is -8.98. The third-order valence-corrected chi connectivity index (χ3v) is 14.7. The normalized spacial score (nSPS) is 12.8. The number of rotatable bonds is 7. The minimum absolute atomic E-state index is 0.551. The van der Waals surface area contributed by atoms with E-state index in [0.717, 1.165) is 50.1 Å². The molecule has 0 N–H and O–H groups in total. The first-order valence-corrected chi connectivity index (χ1v) is 23.8. The van der Waals surface area contributed by atoms with E-state index >= 15 is 0 Å². The van der Waals surface area contributed by atoms with Crippen LogP contribution < -0.4 is 4.90 Å². The molecule has 0 fully saturated rings. The Morgan fingerprint density at radius 3 is 1.70 bits per heavy atom. The van der Waals surface area contributed by atoms with Gasteiger partial charge in [0, 0.05) is 27.7 Å². The van der Waals surface area contributed by atoms with Gasteiger partial charge in [0.2, 0.25) is 0 Å². The topological polar surface area (TPSA) is 16.4 Å². The number of fused-ring (bicyclic) bond motifs is 10. The van der Waals surface area contributed by atoms with Crippen LogP contribution in [0.25, 0.3) is 87.6 Å². The van der Waals surface area contributed by atoms with Crippen LogP contribution in [0.1, 0.15) is 22.3 Å². The molecule has 12 aromatic carbocycles. The molecule has 2 nitrogen and oxygen atoms in total. The van der Waals surface area contributed by atoms with Gasteiger partial charge in [-0.1, -0.05) is 206 Å². The van der Waals surface area contributed by atoms with Crippen LogP contribution in [-0.4, -0.2) is 0 Å². The van der Waals surface area contributed by atoms with Gasteiger partial charge in [-0.05, 0) is 137 Å². The third-order valence-electron chi connectivity index (χ3n) is 14.7. The van der Waals surface area contributed by atoms with Gasteiger partial charge >= 0.3 is 0 Å². The van der Waals surface area contributed by atoms with Crippen molar-refractivity contribution in [2.75, 3.05) is 4.90 Å². The van der Waals surface area contributed by atoms with Gasteiger partial charge in [-0.3, -0.25) is 0 Å². The summed E-state index contributed by atoms with van der Waals surface area (Å²) in [6.45, 7) is 0. The molecule has 0 amide bonds. The zero-order valence-corrected chi connectivity index (χ0v) is 37.7. The summed E-state index contributed by atoms with van der Waals surface area (Å²) in [7, 11) is 0. The molecule has 13 aromatic rings. The van der Waals surface area contributed by atoms with Crippen molar-refractivity contribution >= 4 is 71.3 Å². The molecule has 0 saturated heterocycles. The summed E-state index contributed by atoms with van der Waals surface area (Å²) in [4.78, 5) is 2.46. The third kappa shape index (κ3) is 6.06. The predicted molar refractivity (Wildman–Crippen MR) is 289 cm³/mol. The molecule has 0 aliphatic heterocycles. The van der Waals surface area contributed by atoms with E-state index in [1.54, 1.807) is 0 Å². The van der Waals surface area contributed by atoms with Crippen LogP contribution in [0.5, 0.6) is 0 Å². The SMILES string of the molecule is c1ccc(C2(c3ccccc3)c3ccccc3-c3ccc(N(c4ccc(-c5ccc6c(ccc7ccccc76)c5)cc4)c4ccccc4-c4cccc5oc6cc7ccccc7cc6c45)cc32)cc1. The second-order valence-electron chi connectivity index (χ2n) is 18.4. The maximum absolute atomic E-state index is 6.67. The van der Waals surface area contributed by atoms with Crippen LogP contribution in [0.3, 0.4) is 0 Å². The predicted octanol–water partition coefficient (Wildman–Crippen LogP) is 18.2. The number of hydrogen-bond acceptors (Lipinski definition) is 2. The smallest absolute Gasteiger partial charge is 0.136 e. The van der Waals surface area contributed by atoms with E-state index < -0.39 is 5.41 Å². The molecule has 0 bridgehead atoms. The van der Waals surface area contributed by atoms with Gasteiger partial charge < -0.3 is 9.32 Å². The van der Waals surface area contributed by atoms with Crippen LogP contribution in [0.15, 0.2) is 265 Å². The van der Waals surface area contributed by atoms with Crippen LogP contribution in [0.2, 0.25) is 0 Å². The molecule has 322 valence electrons. The lowest BCUT2D eigenvalue weighted by Gasteiger charge is -2.35. The highest BCUT2D eigenvalue weighted by Crippen LogP contribution is 2.57. The number of furan rings is 1. The number of benzene rings is 12. The average molecular weight is 878 g/mol. The summed E-state index contributed by atoms with van der Waals surface area (Å²) in [6, 6.07) is 95.8. The Morgan fingerprint density at radius 1 is 0.304 bits per heavy atom. The lowest BCUT2D eigenvalue weighted by atomic mass is 9.67. The lowest BCUT2D eigenvalue weighted by Crippen LogP contribution is -2.28. The maximum atomic E-state index is 6.67. The first-order chi connectivity index (χ1) is 34.2. The first-order valence-electron chi connectivity index (χ1n) is 23.8. The molecule has 0 saturated carbocycles. The quantitative estimate of drug-likeness (QED) is 0.148. The number of nitrogens with zero attached hydrogens (tertiary/aromatic N) is 1. The van der Waals surface area contributed by atoms with Gasteiger partial charge in [-0.25, -0.2) is 0 Å². The van der Waals surface area contributed by atoms with Gasteiger partial charge in [0.05, 0.1) is 11.1 Å². The molecule has 0 radical (unpaired) electrons. The molecule has 1 aliphatic rings. The Kier molecular flexibility index (Phi) is 8.84. The fourth-order valence-electron chi connectivity index (χ4n) is 11.6. The minimum Gasteiger partial charge on any atom is -0.456 e. The highest BCUT2D eigenvalue weighted by molar-refractivity contribution is 6.17. The summed E-state index contributed by atoms with van der Waals surface area (Å²) in [5.74, 6) is 0. The van der Waals surface area contributed by atoms with Crippen LogP contribution in [0, 0.1) is 0 Å². The summed E-state index contributed by atoms with van der Waals surface area (Å²) in [5.41, 5.74) is 16.6. The van der Waals surface area contributed by atoms with Crippen LogP contribution in [-0.2, 0) is 5.41 Å². The molecule has 1 aromatic heterocycles. The Balaban J connectivity index is 0.996. The largest absolute Gasteiger partial charge is 0.456 e. The first kappa shape index (κ1) is 39.2. The molecule has 1 aliphatic carbocycles. The fraction of sp³-hybridized carbons (Fsp3) is 0.0149. The van der Waals surface area contributed by atoms with Gasteiger partial charge in [-0.2, -0.15) is 0 Å². The highest BCUT2D eigenvalue weighted by atomic mass is 16.3. The minimum atomic E-state index is -0.551. The monoisotopic (exact) mass is 877 g/mol. The van der Waals surface area contributed by atoms with Crippen LogP contribution in [0.4, 0.5) is 17.1 Å². The van der Waals surface area contributed by atoms with Crippen LogP contribution >= 0.6 is 0 Å². The van der Waals surface area contributed by atoms with Gasteiger partial charge in [0.25, 0.3) is 0 Å². The molecular weight excluding hydrogens is 835 g/mol. The second-order valence-corrected chi connectivity index (χ2v) is 18.4. The van der Waals surface area contributed by atoms with E-state index in [4.69, 9.17) is 4.42 Å². The van der Waals surface area contributed by atoms with Crippen molar-refractivity contribution in [3.05, 3.63) is 283 Å². The van der Waals surface area contributed by atoms with Crippen molar-refractivity contribution in [2.24, 2.45) is 0 Å². The Labute approximate surface area is 400 Å². The van der Waals surface area contributed by atoms with E-state index in [9.17, 15) is 0 Å². The standard InChI is InChI=1S/C67H43NO/c1-3-19-50(20-4-1)67(51-21-5-2-6-22-51)61-27-13-11-24-56(61)57-39-37-53(43-62(57)67)68(52-35-32-44(33-36-52)48-34-38-55-49(40-48)31-30-45-16-9-10-23-54(45)55)63-28-14-12-25-58(63)59-26-15-29-64-66(59)60-41-46-17-7-8-18-47(46)42-65(60)69-64/h1-43H. The lowest BCUT2D eigenvalue weighted by molar-refractivity contribution is 0.669. The molecular formula is C67H43NO. The molecule has 1 heterocycles. The Morgan fingerprint density at radius 2 is 0.899 bits per heavy atom. The van der Waals surface area contributed by atoms with Crippen molar-refractivity contribution in [3.8, 4) is 33.4 Å². The van der Waals surface area contributed by atoms with Crippen molar-refractivity contribution in [1.82, 2.24) is 0 Å². The number of anilines is 3. The van der Waals surface area contributed by atoms with Crippen molar-refractivity contribution in [3.63, 3.8) is 0 Å². The molecule has 0 atom stereocenters. The van der Waals surface area contributed by atoms with Gasteiger partial charge in [0.1, 0.15) is 11.2 Å².